The van der Waals surface area contributed by atoms with Gasteiger partial charge in [0.15, 0.2) is 0 Å². The van der Waals surface area contributed by atoms with Gasteiger partial charge in [-0.1, -0.05) is 30.3 Å². The molecule has 0 aliphatic rings. The molecule has 1 aromatic heterocycles. The number of nitrogens with zero attached hydrogens (tertiary/aromatic N) is 2. The van der Waals surface area contributed by atoms with Crippen LogP contribution in [0.3, 0.4) is 0 Å². The Morgan fingerprint density at radius 1 is 1.27 bits per heavy atom. The minimum absolute atomic E-state index is 0.154. The smallest absolute Gasteiger partial charge is 0.217 e. The van der Waals surface area contributed by atoms with Gasteiger partial charge in [-0.25, -0.2) is 9.97 Å². The summed E-state index contributed by atoms with van der Waals surface area (Å²) >= 11 is 11.7. The summed E-state index contributed by atoms with van der Waals surface area (Å²) < 4.78 is 0. The third-order valence-electron chi connectivity index (χ3n) is 2.11. The molecule has 4 heteroatoms. The maximum absolute atomic E-state index is 5.97. The Morgan fingerprint density at radius 3 is 2.67 bits per heavy atom. The number of hydrogen-bond donors (Lipinski definition) is 0. The molecular formula is C11H8Cl2N2. The molecule has 0 fully saturated rings. The number of halogens is 2. The largest absolute Gasteiger partial charge is 0.224 e. The molecule has 0 unspecified atom stereocenters. The van der Waals surface area contributed by atoms with Gasteiger partial charge in [-0.05, 0) is 30.2 Å². The van der Waals surface area contributed by atoms with E-state index in [1.165, 1.54) is 0 Å². The second-order valence-electron chi connectivity index (χ2n) is 3.27. The van der Waals surface area contributed by atoms with Crippen LogP contribution in [-0.2, 0) is 0 Å². The number of hydrogen-bond acceptors (Lipinski definition) is 2. The number of benzene rings is 1. The number of para-hydroxylation sites is 1. The Labute approximate surface area is 97.6 Å². The van der Waals surface area contributed by atoms with Gasteiger partial charge >= 0.3 is 0 Å². The third-order valence-corrected chi connectivity index (χ3v) is 2.57. The molecule has 0 aliphatic carbocycles. The molecule has 0 bridgehead atoms. The summed E-state index contributed by atoms with van der Waals surface area (Å²) in [5, 5.41) is 1.32. The van der Waals surface area contributed by atoms with Crippen LogP contribution >= 0.6 is 23.2 Å². The molecule has 1 heterocycles. The van der Waals surface area contributed by atoms with E-state index in [4.69, 9.17) is 23.2 Å². The highest BCUT2D eigenvalue weighted by Gasteiger charge is 2.08. The summed E-state index contributed by atoms with van der Waals surface area (Å²) in [5.74, 6) is 0. The van der Waals surface area contributed by atoms with Crippen LogP contribution in [0.15, 0.2) is 24.8 Å². The van der Waals surface area contributed by atoms with E-state index in [-0.39, 0.29) is 5.28 Å². The Balaban J connectivity index is 2.91. The van der Waals surface area contributed by atoms with Gasteiger partial charge in [-0.2, -0.15) is 0 Å². The van der Waals surface area contributed by atoms with E-state index in [1.54, 1.807) is 0 Å². The van der Waals surface area contributed by atoms with Crippen LogP contribution in [0.5, 0.6) is 0 Å². The predicted molar refractivity (Wildman–Crippen MR) is 64.3 cm³/mol. The lowest BCUT2D eigenvalue weighted by Gasteiger charge is -2.05. The van der Waals surface area contributed by atoms with Crippen molar-refractivity contribution in [2.75, 3.05) is 0 Å². The number of rotatable bonds is 1. The summed E-state index contributed by atoms with van der Waals surface area (Å²) in [7, 11) is 0. The van der Waals surface area contributed by atoms with Gasteiger partial charge in [0.05, 0.1) is 5.52 Å². The Morgan fingerprint density at radius 2 is 2.00 bits per heavy atom. The highest BCUT2D eigenvalue weighted by atomic mass is 35.5. The first kappa shape index (κ1) is 10.4. The van der Waals surface area contributed by atoms with Crippen LogP contribution in [0.25, 0.3) is 16.5 Å². The maximum Gasteiger partial charge on any atom is 0.224 e. The first-order valence-corrected chi connectivity index (χ1v) is 5.13. The minimum Gasteiger partial charge on any atom is -0.217 e. The van der Waals surface area contributed by atoms with Gasteiger partial charge in [0.1, 0.15) is 5.15 Å². The zero-order valence-corrected chi connectivity index (χ0v) is 9.60. The Kier molecular flexibility index (Phi) is 2.63. The van der Waals surface area contributed by atoms with E-state index >= 15 is 0 Å². The summed E-state index contributed by atoms with van der Waals surface area (Å²) in [4.78, 5) is 8.06. The van der Waals surface area contributed by atoms with Crippen molar-refractivity contribution in [3.8, 4) is 0 Å². The van der Waals surface area contributed by atoms with E-state index in [2.05, 4.69) is 16.5 Å². The molecule has 0 amide bonds. The fourth-order valence-corrected chi connectivity index (χ4v) is 1.88. The molecule has 0 saturated carbocycles. The lowest BCUT2D eigenvalue weighted by molar-refractivity contribution is 1.22. The van der Waals surface area contributed by atoms with Crippen molar-refractivity contribution >= 4 is 39.7 Å². The van der Waals surface area contributed by atoms with Crippen molar-refractivity contribution in [1.82, 2.24) is 9.97 Å². The first-order valence-electron chi connectivity index (χ1n) is 4.37. The summed E-state index contributed by atoms with van der Waals surface area (Å²) in [6, 6.07) is 5.69. The molecule has 1 aromatic carbocycles. The fraction of sp³-hybridized carbons (Fsp3) is 0.0909. The van der Waals surface area contributed by atoms with Crippen LogP contribution in [0.1, 0.15) is 12.5 Å². The Hall–Kier alpha value is -1.12. The van der Waals surface area contributed by atoms with Gasteiger partial charge in [0, 0.05) is 10.9 Å². The summed E-state index contributed by atoms with van der Waals surface area (Å²) in [5.41, 5.74) is 2.61. The second kappa shape index (κ2) is 3.80. The normalized spacial score (nSPS) is 10.6. The zero-order valence-electron chi connectivity index (χ0n) is 8.09. The topological polar surface area (TPSA) is 25.8 Å². The van der Waals surface area contributed by atoms with Crippen molar-refractivity contribution in [3.05, 3.63) is 40.8 Å². The SMILES string of the molecule is C=C(C)c1cccc2c(Cl)nc(Cl)nc12. The van der Waals surface area contributed by atoms with Crippen LogP contribution in [-0.4, -0.2) is 9.97 Å². The lowest BCUT2D eigenvalue weighted by atomic mass is 10.1. The highest BCUT2D eigenvalue weighted by molar-refractivity contribution is 6.35. The summed E-state index contributed by atoms with van der Waals surface area (Å²) in [6.45, 7) is 5.80. The van der Waals surface area contributed by atoms with Gasteiger partial charge in [0.25, 0.3) is 0 Å². The van der Waals surface area contributed by atoms with E-state index in [1.807, 2.05) is 25.1 Å². The molecule has 0 spiro atoms. The molecule has 2 rings (SSSR count). The third kappa shape index (κ3) is 1.83. The van der Waals surface area contributed by atoms with Crippen molar-refractivity contribution < 1.29 is 0 Å². The van der Waals surface area contributed by atoms with Crippen molar-refractivity contribution in [2.24, 2.45) is 0 Å². The molecule has 2 nitrogen and oxygen atoms in total. The molecule has 15 heavy (non-hydrogen) atoms. The number of fused-ring (bicyclic) bond motifs is 1. The predicted octanol–water partition coefficient (Wildman–Crippen LogP) is 3.97. The molecular weight excluding hydrogens is 231 g/mol. The molecule has 0 aliphatic heterocycles. The summed E-state index contributed by atoms with van der Waals surface area (Å²) in [6.07, 6.45) is 0. The van der Waals surface area contributed by atoms with Crippen LogP contribution in [0.2, 0.25) is 10.4 Å². The maximum atomic E-state index is 5.97. The molecule has 0 N–H and O–H groups in total. The van der Waals surface area contributed by atoms with E-state index < -0.39 is 0 Å². The Bertz CT molecular complexity index is 550. The van der Waals surface area contributed by atoms with Crippen LogP contribution < -0.4 is 0 Å². The fourth-order valence-electron chi connectivity index (χ4n) is 1.43. The quantitative estimate of drug-likeness (QED) is 0.555. The zero-order chi connectivity index (χ0) is 11.0. The van der Waals surface area contributed by atoms with Crippen molar-refractivity contribution in [2.45, 2.75) is 6.92 Å². The monoisotopic (exact) mass is 238 g/mol. The first-order chi connectivity index (χ1) is 7.09. The average Bonchev–Trinajstić information content (AvgIpc) is 2.16. The van der Waals surface area contributed by atoms with E-state index in [0.29, 0.717) is 5.15 Å². The van der Waals surface area contributed by atoms with Crippen molar-refractivity contribution in [1.29, 1.82) is 0 Å². The highest BCUT2D eigenvalue weighted by Crippen LogP contribution is 2.27. The van der Waals surface area contributed by atoms with E-state index in [9.17, 15) is 0 Å². The number of allylic oxidation sites excluding steroid dienone is 1. The standard InChI is InChI=1S/C11H8Cl2N2/c1-6(2)7-4-3-5-8-9(7)14-11(13)15-10(8)12/h3-5H,1H2,2H3. The molecule has 76 valence electrons. The molecule has 0 atom stereocenters. The van der Waals surface area contributed by atoms with Gasteiger partial charge in [-0.3, -0.25) is 0 Å². The van der Waals surface area contributed by atoms with Gasteiger partial charge in [-0.15, -0.1) is 0 Å². The van der Waals surface area contributed by atoms with Crippen LogP contribution in [0, 0.1) is 0 Å². The van der Waals surface area contributed by atoms with Crippen LogP contribution in [0.4, 0.5) is 0 Å². The minimum atomic E-state index is 0.154. The molecule has 0 saturated heterocycles. The second-order valence-corrected chi connectivity index (χ2v) is 3.96. The lowest BCUT2D eigenvalue weighted by Crippen LogP contribution is -1.90. The van der Waals surface area contributed by atoms with Crippen molar-refractivity contribution in [3.63, 3.8) is 0 Å². The van der Waals surface area contributed by atoms with Gasteiger partial charge in [0.2, 0.25) is 5.28 Å². The van der Waals surface area contributed by atoms with E-state index in [0.717, 1.165) is 22.0 Å². The molecule has 2 aromatic rings. The molecule has 0 radical (unpaired) electrons. The van der Waals surface area contributed by atoms with Gasteiger partial charge < -0.3 is 0 Å². The number of aromatic nitrogens is 2. The average molecular weight is 239 g/mol.